The van der Waals surface area contributed by atoms with Gasteiger partial charge in [0.05, 0.1) is 18.2 Å². The number of nitrogens with one attached hydrogen (secondary N) is 1. The maximum Gasteiger partial charge on any atom is 0.258 e. The molecule has 0 fully saturated rings. The van der Waals surface area contributed by atoms with E-state index in [1.54, 1.807) is 54.6 Å². The highest BCUT2D eigenvalue weighted by Crippen LogP contribution is 2.38. The Bertz CT molecular complexity index is 1020. The van der Waals surface area contributed by atoms with Gasteiger partial charge in [-0.15, -0.1) is 0 Å². The second kappa shape index (κ2) is 7.60. The van der Waals surface area contributed by atoms with Crippen molar-refractivity contribution in [1.82, 2.24) is 5.32 Å². The standard InChI is InChI=1S/C22H18FNO4/c1-26-19-11-5-9-17(20(19)27-13-14-6-4-7-15(23)12-14)22-24-21(25)16-8-2-3-10-18(16)28-22/h2-12,22H,13H2,1H3,(H,24,25)/t22-/m1/s1. The largest absolute Gasteiger partial charge is 0.493 e. The van der Waals surface area contributed by atoms with E-state index in [-0.39, 0.29) is 18.3 Å². The van der Waals surface area contributed by atoms with E-state index >= 15 is 0 Å². The Hall–Kier alpha value is -3.54. The number of carbonyl (C=O) groups is 1. The van der Waals surface area contributed by atoms with Crippen molar-refractivity contribution in [2.75, 3.05) is 7.11 Å². The minimum absolute atomic E-state index is 0.141. The average Bonchev–Trinajstić information content (AvgIpc) is 2.72. The molecule has 142 valence electrons. The molecule has 0 radical (unpaired) electrons. The van der Waals surface area contributed by atoms with E-state index in [1.807, 2.05) is 0 Å². The van der Waals surface area contributed by atoms with Crippen LogP contribution in [0.25, 0.3) is 0 Å². The third kappa shape index (κ3) is 3.49. The van der Waals surface area contributed by atoms with Gasteiger partial charge in [-0.1, -0.05) is 30.3 Å². The van der Waals surface area contributed by atoms with Crippen molar-refractivity contribution in [2.45, 2.75) is 12.8 Å². The summed E-state index contributed by atoms with van der Waals surface area (Å²) < 4.78 is 30.8. The summed E-state index contributed by atoms with van der Waals surface area (Å²) in [5.41, 5.74) is 1.76. The number of carbonyl (C=O) groups excluding carboxylic acids is 1. The zero-order valence-corrected chi connectivity index (χ0v) is 15.1. The summed E-state index contributed by atoms with van der Waals surface area (Å²) in [5, 5.41) is 2.83. The number of halogens is 1. The van der Waals surface area contributed by atoms with E-state index in [2.05, 4.69) is 5.32 Å². The maximum atomic E-state index is 13.4. The summed E-state index contributed by atoms with van der Waals surface area (Å²) in [4.78, 5) is 12.4. The zero-order chi connectivity index (χ0) is 19.5. The Kier molecular flexibility index (Phi) is 4.85. The monoisotopic (exact) mass is 379 g/mol. The molecular weight excluding hydrogens is 361 g/mol. The minimum atomic E-state index is -0.736. The SMILES string of the molecule is COc1cccc([C@@H]2NC(=O)c3ccccc3O2)c1OCc1cccc(F)c1. The number of fused-ring (bicyclic) bond motifs is 1. The number of para-hydroxylation sites is 2. The number of amides is 1. The number of rotatable bonds is 5. The third-order valence-electron chi connectivity index (χ3n) is 4.42. The van der Waals surface area contributed by atoms with E-state index in [4.69, 9.17) is 14.2 Å². The lowest BCUT2D eigenvalue weighted by atomic mass is 10.1. The second-order valence-corrected chi connectivity index (χ2v) is 6.26. The highest BCUT2D eigenvalue weighted by Gasteiger charge is 2.29. The molecule has 1 N–H and O–H groups in total. The van der Waals surface area contributed by atoms with Gasteiger partial charge in [-0.05, 0) is 42.0 Å². The molecule has 0 spiro atoms. The molecule has 5 nitrogen and oxygen atoms in total. The van der Waals surface area contributed by atoms with Crippen LogP contribution in [0.4, 0.5) is 4.39 Å². The first kappa shape index (κ1) is 17.9. The Morgan fingerprint density at radius 3 is 2.71 bits per heavy atom. The molecule has 1 atom stereocenters. The highest BCUT2D eigenvalue weighted by atomic mass is 19.1. The van der Waals surface area contributed by atoms with Gasteiger partial charge >= 0.3 is 0 Å². The summed E-state index contributed by atoms with van der Waals surface area (Å²) in [7, 11) is 1.53. The first-order valence-corrected chi connectivity index (χ1v) is 8.76. The predicted octanol–water partition coefficient (Wildman–Crippen LogP) is 4.23. The molecule has 4 rings (SSSR count). The van der Waals surface area contributed by atoms with Gasteiger partial charge in [-0.2, -0.15) is 0 Å². The highest BCUT2D eigenvalue weighted by molar-refractivity contribution is 5.98. The first-order chi connectivity index (χ1) is 13.7. The molecule has 0 aromatic heterocycles. The molecular formula is C22H18FNO4. The maximum absolute atomic E-state index is 13.4. The van der Waals surface area contributed by atoms with Crippen molar-refractivity contribution < 1.29 is 23.4 Å². The van der Waals surface area contributed by atoms with Crippen LogP contribution in [0.1, 0.15) is 27.7 Å². The quantitative estimate of drug-likeness (QED) is 0.721. The zero-order valence-electron chi connectivity index (χ0n) is 15.1. The normalized spacial score (nSPS) is 15.2. The number of ether oxygens (including phenoxy) is 3. The van der Waals surface area contributed by atoms with Crippen LogP contribution in [-0.2, 0) is 6.61 Å². The van der Waals surface area contributed by atoms with E-state index in [9.17, 15) is 9.18 Å². The van der Waals surface area contributed by atoms with Crippen LogP contribution < -0.4 is 19.5 Å². The molecule has 0 unspecified atom stereocenters. The van der Waals surface area contributed by atoms with Crippen molar-refractivity contribution >= 4 is 5.91 Å². The lowest BCUT2D eigenvalue weighted by Crippen LogP contribution is -2.37. The Balaban J connectivity index is 1.65. The van der Waals surface area contributed by atoms with Gasteiger partial charge in [-0.3, -0.25) is 4.79 Å². The van der Waals surface area contributed by atoms with Crippen LogP contribution >= 0.6 is 0 Å². The van der Waals surface area contributed by atoms with Crippen LogP contribution in [0.15, 0.2) is 66.7 Å². The van der Waals surface area contributed by atoms with Crippen LogP contribution in [0.2, 0.25) is 0 Å². The number of benzene rings is 3. The Labute approximate surface area is 161 Å². The van der Waals surface area contributed by atoms with Crippen molar-refractivity contribution in [3.05, 3.63) is 89.2 Å². The lowest BCUT2D eigenvalue weighted by Gasteiger charge is -2.28. The Morgan fingerprint density at radius 1 is 1.07 bits per heavy atom. The van der Waals surface area contributed by atoms with Crippen molar-refractivity contribution in [3.8, 4) is 17.2 Å². The second-order valence-electron chi connectivity index (χ2n) is 6.26. The summed E-state index contributed by atoms with van der Waals surface area (Å²) >= 11 is 0. The number of hydrogen-bond acceptors (Lipinski definition) is 4. The fourth-order valence-corrected chi connectivity index (χ4v) is 3.09. The summed E-state index contributed by atoms with van der Waals surface area (Å²) in [6.07, 6.45) is -0.736. The van der Waals surface area contributed by atoms with Gasteiger partial charge in [0.2, 0.25) is 6.23 Å². The smallest absolute Gasteiger partial charge is 0.258 e. The van der Waals surface area contributed by atoms with Gasteiger partial charge < -0.3 is 19.5 Å². The fraction of sp³-hybridized carbons (Fsp3) is 0.136. The molecule has 1 heterocycles. The van der Waals surface area contributed by atoms with Crippen LogP contribution in [0.5, 0.6) is 17.2 Å². The molecule has 1 aliphatic rings. The fourth-order valence-electron chi connectivity index (χ4n) is 3.09. The van der Waals surface area contributed by atoms with Crippen LogP contribution in [0.3, 0.4) is 0 Å². The van der Waals surface area contributed by atoms with Gasteiger partial charge in [0.25, 0.3) is 5.91 Å². The summed E-state index contributed by atoms with van der Waals surface area (Å²) in [5.74, 6) is 0.853. The lowest BCUT2D eigenvalue weighted by molar-refractivity contribution is 0.0748. The molecule has 3 aromatic carbocycles. The molecule has 0 saturated heterocycles. The van der Waals surface area contributed by atoms with Gasteiger partial charge in [-0.25, -0.2) is 4.39 Å². The van der Waals surface area contributed by atoms with Crippen molar-refractivity contribution in [2.24, 2.45) is 0 Å². The molecule has 0 aliphatic carbocycles. The van der Waals surface area contributed by atoms with Crippen molar-refractivity contribution in [1.29, 1.82) is 0 Å². The van der Waals surface area contributed by atoms with E-state index < -0.39 is 6.23 Å². The average molecular weight is 379 g/mol. The predicted molar refractivity (Wildman–Crippen MR) is 101 cm³/mol. The topological polar surface area (TPSA) is 56.8 Å². The number of hydrogen-bond donors (Lipinski definition) is 1. The Morgan fingerprint density at radius 2 is 1.89 bits per heavy atom. The summed E-state index contributed by atoms with van der Waals surface area (Å²) in [6.45, 7) is 0.141. The van der Waals surface area contributed by atoms with Gasteiger partial charge in [0.1, 0.15) is 18.2 Å². The van der Waals surface area contributed by atoms with E-state index in [1.165, 1.54) is 19.2 Å². The molecule has 3 aromatic rings. The van der Waals surface area contributed by atoms with Crippen LogP contribution in [-0.4, -0.2) is 13.0 Å². The third-order valence-corrected chi connectivity index (χ3v) is 4.42. The molecule has 0 saturated carbocycles. The molecule has 0 bridgehead atoms. The van der Waals surface area contributed by atoms with Crippen LogP contribution in [0, 0.1) is 5.82 Å². The first-order valence-electron chi connectivity index (χ1n) is 8.76. The molecule has 6 heteroatoms. The van der Waals surface area contributed by atoms with Gasteiger partial charge in [0, 0.05) is 0 Å². The van der Waals surface area contributed by atoms with Gasteiger partial charge in [0.15, 0.2) is 11.5 Å². The van der Waals surface area contributed by atoms with Crippen molar-refractivity contribution in [3.63, 3.8) is 0 Å². The molecule has 1 amide bonds. The van der Waals surface area contributed by atoms with E-state index in [0.29, 0.717) is 33.9 Å². The van der Waals surface area contributed by atoms with E-state index in [0.717, 1.165) is 0 Å². The molecule has 28 heavy (non-hydrogen) atoms. The molecule has 1 aliphatic heterocycles. The summed E-state index contributed by atoms with van der Waals surface area (Å²) in [6, 6.07) is 18.5. The minimum Gasteiger partial charge on any atom is -0.493 e. The number of methoxy groups -OCH3 is 1.